The van der Waals surface area contributed by atoms with Gasteiger partial charge in [-0.05, 0) is 30.7 Å². The zero-order valence-corrected chi connectivity index (χ0v) is 11.9. The Morgan fingerprint density at radius 3 is 2.78 bits per heavy atom. The predicted octanol–water partition coefficient (Wildman–Crippen LogP) is 3.88. The number of thiophene rings is 1. The summed E-state index contributed by atoms with van der Waals surface area (Å²) in [5, 5.41) is 3.33. The highest BCUT2D eigenvalue weighted by atomic mass is 35.5. The molecule has 1 heterocycles. The summed E-state index contributed by atoms with van der Waals surface area (Å²) in [7, 11) is 0. The van der Waals surface area contributed by atoms with Crippen LogP contribution in [0.1, 0.15) is 10.4 Å². The number of aryl methyl sites for hydroxylation is 1. The lowest BCUT2D eigenvalue weighted by Crippen LogP contribution is -2.20. The fourth-order valence-electron chi connectivity index (χ4n) is 1.61. The van der Waals surface area contributed by atoms with E-state index in [2.05, 4.69) is 18.3 Å². The third-order valence-corrected chi connectivity index (χ3v) is 3.79. The van der Waals surface area contributed by atoms with Crippen LogP contribution >= 0.6 is 22.9 Å². The van der Waals surface area contributed by atoms with Gasteiger partial charge < -0.3 is 10.1 Å². The molecule has 4 heteroatoms. The van der Waals surface area contributed by atoms with E-state index in [4.69, 9.17) is 16.3 Å². The molecule has 2 rings (SSSR count). The van der Waals surface area contributed by atoms with E-state index in [0.29, 0.717) is 6.61 Å². The summed E-state index contributed by atoms with van der Waals surface area (Å²) in [4.78, 5) is 1.25. The average molecular weight is 282 g/mol. The standard InChI is InChI=1S/C14H16ClNOS/c1-11-4-2-3-5-13(11)17-9-8-16-10-12-6-7-14(15)18-12/h2-7,16H,8-10H2,1H3. The molecule has 0 radical (unpaired) electrons. The van der Waals surface area contributed by atoms with Gasteiger partial charge in [-0.15, -0.1) is 11.3 Å². The van der Waals surface area contributed by atoms with Crippen molar-refractivity contribution >= 4 is 22.9 Å². The number of hydrogen-bond donors (Lipinski definition) is 1. The van der Waals surface area contributed by atoms with Crippen LogP contribution in [0.25, 0.3) is 0 Å². The summed E-state index contributed by atoms with van der Waals surface area (Å²) < 4.78 is 6.53. The second-order valence-electron chi connectivity index (χ2n) is 4.00. The maximum Gasteiger partial charge on any atom is 0.122 e. The summed E-state index contributed by atoms with van der Waals surface area (Å²) >= 11 is 7.47. The molecule has 0 saturated carbocycles. The zero-order chi connectivity index (χ0) is 12.8. The van der Waals surface area contributed by atoms with E-state index >= 15 is 0 Å². The quantitative estimate of drug-likeness (QED) is 0.812. The molecule has 0 atom stereocenters. The van der Waals surface area contributed by atoms with Crippen molar-refractivity contribution in [1.29, 1.82) is 0 Å². The number of benzene rings is 1. The summed E-state index contributed by atoms with van der Waals surface area (Å²) in [5.74, 6) is 0.957. The van der Waals surface area contributed by atoms with Gasteiger partial charge >= 0.3 is 0 Å². The van der Waals surface area contributed by atoms with Gasteiger partial charge in [-0.2, -0.15) is 0 Å². The Bertz CT molecular complexity index is 498. The van der Waals surface area contributed by atoms with Crippen molar-refractivity contribution in [3.8, 4) is 5.75 Å². The van der Waals surface area contributed by atoms with E-state index in [1.165, 1.54) is 10.4 Å². The maximum absolute atomic E-state index is 5.86. The van der Waals surface area contributed by atoms with Gasteiger partial charge in [0.2, 0.25) is 0 Å². The molecule has 0 amide bonds. The van der Waals surface area contributed by atoms with E-state index < -0.39 is 0 Å². The minimum absolute atomic E-state index is 0.671. The van der Waals surface area contributed by atoms with E-state index in [9.17, 15) is 0 Å². The highest BCUT2D eigenvalue weighted by Crippen LogP contribution is 2.21. The maximum atomic E-state index is 5.86. The Morgan fingerprint density at radius 1 is 1.22 bits per heavy atom. The van der Waals surface area contributed by atoms with E-state index in [1.54, 1.807) is 11.3 Å². The third kappa shape index (κ3) is 4.02. The normalized spacial score (nSPS) is 10.6. The first-order chi connectivity index (χ1) is 8.75. The van der Waals surface area contributed by atoms with Crippen LogP contribution in [0.15, 0.2) is 36.4 Å². The highest BCUT2D eigenvalue weighted by Gasteiger charge is 1.99. The van der Waals surface area contributed by atoms with Gasteiger partial charge in [-0.25, -0.2) is 0 Å². The average Bonchev–Trinajstić information content (AvgIpc) is 2.77. The first-order valence-corrected chi connectivity index (χ1v) is 7.08. The fourth-order valence-corrected chi connectivity index (χ4v) is 2.67. The van der Waals surface area contributed by atoms with Crippen molar-refractivity contribution in [2.24, 2.45) is 0 Å². The molecule has 0 spiro atoms. The Kier molecular flexibility index (Phi) is 5.05. The Hall–Kier alpha value is -1.03. The minimum Gasteiger partial charge on any atom is -0.492 e. The molecule has 2 nitrogen and oxygen atoms in total. The second kappa shape index (κ2) is 6.78. The lowest BCUT2D eigenvalue weighted by atomic mass is 10.2. The Balaban J connectivity index is 1.66. The molecule has 0 fully saturated rings. The van der Waals surface area contributed by atoms with Crippen LogP contribution in [0.5, 0.6) is 5.75 Å². The van der Waals surface area contributed by atoms with E-state index in [-0.39, 0.29) is 0 Å². The van der Waals surface area contributed by atoms with Crippen molar-refractivity contribution in [1.82, 2.24) is 5.32 Å². The molecule has 0 aliphatic carbocycles. The van der Waals surface area contributed by atoms with Gasteiger partial charge in [-0.3, -0.25) is 0 Å². The summed E-state index contributed by atoms with van der Waals surface area (Å²) in [5.41, 5.74) is 1.17. The second-order valence-corrected chi connectivity index (χ2v) is 5.80. The minimum atomic E-state index is 0.671. The van der Waals surface area contributed by atoms with Gasteiger partial charge in [0.15, 0.2) is 0 Å². The smallest absolute Gasteiger partial charge is 0.122 e. The highest BCUT2D eigenvalue weighted by molar-refractivity contribution is 7.16. The number of rotatable bonds is 6. The first kappa shape index (κ1) is 13.4. The van der Waals surface area contributed by atoms with Crippen molar-refractivity contribution in [2.45, 2.75) is 13.5 Å². The Morgan fingerprint density at radius 2 is 2.06 bits per heavy atom. The van der Waals surface area contributed by atoms with Crippen molar-refractivity contribution < 1.29 is 4.74 Å². The molecule has 1 aromatic carbocycles. The number of halogens is 1. The predicted molar refractivity (Wildman–Crippen MR) is 77.7 cm³/mol. The molecule has 18 heavy (non-hydrogen) atoms. The lowest BCUT2D eigenvalue weighted by Gasteiger charge is -2.09. The van der Waals surface area contributed by atoms with E-state index in [0.717, 1.165) is 23.2 Å². The molecule has 0 aliphatic heterocycles. The Labute approximate surface area is 117 Å². The molecule has 96 valence electrons. The number of hydrogen-bond acceptors (Lipinski definition) is 3. The third-order valence-electron chi connectivity index (χ3n) is 2.56. The fraction of sp³-hybridized carbons (Fsp3) is 0.286. The van der Waals surface area contributed by atoms with Crippen LogP contribution in [0, 0.1) is 6.92 Å². The molecule has 0 bridgehead atoms. The molecule has 0 unspecified atom stereocenters. The monoisotopic (exact) mass is 281 g/mol. The van der Waals surface area contributed by atoms with Gasteiger partial charge in [-0.1, -0.05) is 29.8 Å². The number of nitrogens with one attached hydrogen (secondary N) is 1. The molecule has 1 aromatic heterocycles. The van der Waals surface area contributed by atoms with Crippen LogP contribution in [0.3, 0.4) is 0 Å². The van der Waals surface area contributed by atoms with Gasteiger partial charge in [0, 0.05) is 18.0 Å². The molecule has 0 saturated heterocycles. The molecular weight excluding hydrogens is 266 g/mol. The molecule has 0 aliphatic rings. The summed E-state index contributed by atoms with van der Waals surface area (Å²) in [6.45, 7) is 4.39. The van der Waals surface area contributed by atoms with Crippen molar-refractivity contribution in [3.63, 3.8) is 0 Å². The zero-order valence-electron chi connectivity index (χ0n) is 10.3. The first-order valence-electron chi connectivity index (χ1n) is 5.89. The molecular formula is C14H16ClNOS. The number of ether oxygens (including phenoxy) is 1. The van der Waals surface area contributed by atoms with Gasteiger partial charge in [0.1, 0.15) is 12.4 Å². The lowest BCUT2D eigenvalue weighted by molar-refractivity contribution is 0.312. The van der Waals surface area contributed by atoms with Crippen LogP contribution in [0.4, 0.5) is 0 Å². The molecule has 1 N–H and O–H groups in total. The van der Waals surface area contributed by atoms with Crippen LogP contribution < -0.4 is 10.1 Å². The van der Waals surface area contributed by atoms with Crippen molar-refractivity contribution in [3.05, 3.63) is 51.2 Å². The number of para-hydroxylation sites is 1. The van der Waals surface area contributed by atoms with Gasteiger partial charge in [0.25, 0.3) is 0 Å². The van der Waals surface area contributed by atoms with Gasteiger partial charge in [0.05, 0.1) is 4.34 Å². The van der Waals surface area contributed by atoms with E-state index in [1.807, 2.05) is 30.3 Å². The van der Waals surface area contributed by atoms with Crippen molar-refractivity contribution in [2.75, 3.05) is 13.2 Å². The van der Waals surface area contributed by atoms with Crippen LogP contribution in [-0.2, 0) is 6.54 Å². The van der Waals surface area contributed by atoms with Crippen LogP contribution in [0.2, 0.25) is 4.34 Å². The largest absolute Gasteiger partial charge is 0.492 e. The SMILES string of the molecule is Cc1ccccc1OCCNCc1ccc(Cl)s1. The summed E-state index contributed by atoms with van der Waals surface area (Å²) in [6, 6.07) is 12.0. The topological polar surface area (TPSA) is 21.3 Å². The summed E-state index contributed by atoms with van der Waals surface area (Å²) in [6.07, 6.45) is 0. The van der Waals surface area contributed by atoms with Crippen LogP contribution in [-0.4, -0.2) is 13.2 Å². The molecule has 2 aromatic rings.